The van der Waals surface area contributed by atoms with Crippen molar-refractivity contribution in [2.45, 2.75) is 45.2 Å². The van der Waals surface area contributed by atoms with Crippen LogP contribution in [0.4, 0.5) is 10.6 Å². The largest absolute Gasteiger partial charge is 0.492 e. The van der Waals surface area contributed by atoms with Gasteiger partial charge in [0, 0.05) is 43.0 Å². The number of anilines is 1. The van der Waals surface area contributed by atoms with Crippen molar-refractivity contribution in [1.82, 2.24) is 24.8 Å². The first-order valence-electron chi connectivity index (χ1n) is 12.2. The number of pyridine rings is 2. The zero-order valence-corrected chi connectivity index (χ0v) is 21.4. The molecule has 0 aliphatic carbocycles. The van der Waals surface area contributed by atoms with Gasteiger partial charge in [0.2, 0.25) is 5.91 Å². The Labute approximate surface area is 215 Å². The van der Waals surface area contributed by atoms with Crippen molar-refractivity contribution in [2.75, 3.05) is 31.6 Å². The summed E-state index contributed by atoms with van der Waals surface area (Å²) in [4.78, 5) is 31.6. The van der Waals surface area contributed by atoms with Crippen LogP contribution in [0, 0.1) is 11.3 Å². The molecule has 4 heterocycles. The second-order valence-electron chi connectivity index (χ2n) is 9.50. The summed E-state index contributed by atoms with van der Waals surface area (Å²) < 4.78 is 7.34. The maximum atomic E-state index is 12.6. The van der Waals surface area contributed by atoms with Crippen LogP contribution in [0.3, 0.4) is 0 Å². The molecule has 1 aliphatic heterocycles. The predicted octanol–water partition coefficient (Wildman–Crippen LogP) is 3.14. The number of carbonyl (C=O) groups excluding carboxylic acids is 1. The number of aromatic nitrogens is 3. The fourth-order valence-corrected chi connectivity index (χ4v) is 4.47. The number of hydrogen-bond donors (Lipinski definition) is 2. The van der Waals surface area contributed by atoms with Gasteiger partial charge in [-0.2, -0.15) is 10.4 Å². The Morgan fingerprint density at radius 3 is 2.65 bits per heavy atom. The summed E-state index contributed by atoms with van der Waals surface area (Å²) in [5, 5.41) is 26.0. The number of nitrogens with one attached hydrogen (secondary N) is 1. The van der Waals surface area contributed by atoms with Crippen molar-refractivity contribution in [3.8, 4) is 22.9 Å². The molecular weight excluding hydrogens is 474 g/mol. The van der Waals surface area contributed by atoms with Gasteiger partial charge >= 0.3 is 6.09 Å². The van der Waals surface area contributed by atoms with Crippen molar-refractivity contribution in [3.63, 3.8) is 0 Å². The highest BCUT2D eigenvalue weighted by atomic mass is 16.5. The van der Waals surface area contributed by atoms with Crippen molar-refractivity contribution in [2.24, 2.45) is 0 Å². The molecule has 0 unspecified atom stereocenters. The molecule has 3 aromatic rings. The number of nitriles is 1. The van der Waals surface area contributed by atoms with E-state index in [2.05, 4.69) is 21.4 Å². The number of piperidine rings is 1. The standard InChI is InChI=1S/C26H31N7O4/c1-5-37-20-12-21(23-19(13-27)15-29-33(23)16-20)18-6-7-22(28-14-18)32-10-8-26(3,9-11-32)30-24(34)17(2)31(4)25(35)36/h6-7,12,14-17H,5,8-11H2,1-4H3,(H,30,34)(H,35,36)/t17-/m0/s1. The van der Waals surface area contributed by atoms with E-state index < -0.39 is 17.7 Å². The number of ether oxygens (including phenoxy) is 1. The minimum Gasteiger partial charge on any atom is -0.492 e. The lowest BCUT2D eigenvalue weighted by Gasteiger charge is -2.41. The monoisotopic (exact) mass is 505 g/mol. The molecule has 0 spiro atoms. The molecule has 3 aromatic heterocycles. The van der Waals surface area contributed by atoms with Crippen molar-refractivity contribution in [3.05, 3.63) is 42.4 Å². The van der Waals surface area contributed by atoms with Crippen LogP contribution in [0.2, 0.25) is 0 Å². The van der Waals surface area contributed by atoms with E-state index in [1.807, 2.05) is 32.0 Å². The van der Waals surface area contributed by atoms with Gasteiger partial charge in [-0.3, -0.25) is 9.69 Å². The van der Waals surface area contributed by atoms with Crippen LogP contribution < -0.4 is 15.0 Å². The lowest BCUT2D eigenvalue weighted by atomic mass is 9.89. The topological polar surface area (TPSA) is 136 Å². The fraction of sp³-hybridized carbons (Fsp3) is 0.423. The van der Waals surface area contributed by atoms with Gasteiger partial charge in [0.05, 0.1) is 30.1 Å². The van der Waals surface area contributed by atoms with E-state index in [0.717, 1.165) is 21.8 Å². The van der Waals surface area contributed by atoms with Crippen molar-refractivity contribution >= 4 is 23.3 Å². The van der Waals surface area contributed by atoms with Crippen molar-refractivity contribution < 1.29 is 19.4 Å². The summed E-state index contributed by atoms with van der Waals surface area (Å²) in [7, 11) is 1.39. The number of carbonyl (C=O) groups is 2. The molecular formula is C26H31N7O4. The highest BCUT2D eigenvalue weighted by Gasteiger charge is 2.34. The fourth-order valence-electron chi connectivity index (χ4n) is 4.47. The summed E-state index contributed by atoms with van der Waals surface area (Å²) in [5.74, 6) is 1.17. The molecule has 0 saturated carbocycles. The molecule has 2 amide bonds. The molecule has 2 N–H and O–H groups in total. The van der Waals surface area contributed by atoms with Crippen LogP contribution in [-0.4, -0.2) is 74.9 Å². The Kier molecular flexibility index (Phi) is 7.20. The number of hydrogen-bond acceptors (Lipinski definition) is 7. The molecule has 0 aromatic carbocycles. The number of likely N-dealkylation sites (N-methyl/N-ethyl adjacent to an activating group) is 1. The van der Waals surface area contributed by atoms with E-state index in [0.29, 0.717) is 49.4 Å². The van der Waals surface area contributed by atoms with Crippen LogP contribution in [0.15, 0.2) is 36.8 Å². The highest BCUT2D eigenvalue weighted by molar-refractivity contribution is 5.86. The molecule has 11 nitrogen and oxygen atoms in total. The van der Waals surface area contributed by atoms with E-state index >= 15 is 0 Å². The first-order chi connectivity index (χ1) is 17.7. The maximum absolute atomic E-state index is 12.6. The average Bonchev–Trinajstić information content (AvgIpc) is 3.31. The molecule has 1 atom stereocenters. The summed E-state index contributed by atoms with van der Waals surface area (Å²) in [6.07, 6.45) is 5.34. The van der Waals surface area contributed by atoms with Gasteiger partial charge in [-0.1, -0.05) is 0 Å². The second-order valence-corrected chi connectivity index (χ2v) is 9.50. The van der Waals surface area contributed by atoms with E-state index in [4.69, 9.17) is 14.8 Å². The summed E-state index contributed by atoms with van der Waals surface area (Å²) >= 11 is 0. The van der Waals surface area contributed by atoms with Crippen LogP contribution in [-0.2, 0) is 4.79 Å². The van der Waals surface area contributed by atoms with Gasteiger partial charge in [-0.05, 0) is 51.8 Å². The molecule has 1 fully saturated rings. The van der Waals surface area contributed by atoms with E-state index in [1.165, 1.54) is 7.05 Å². The van der Waals surface area contributed by atoms with E-state index in [9.17, 15) is 14.9 Å². The van der Waals surface area contributed by atoms with Gasteiger partial charge in [0.1, 0.15) is 23.7 Å². The smallest absolute Gasteiger partial charge is 0.407 e. The minimum atomic E-state index is -1.14. The SMILES string of the molecule is CCOc1cc(-c2ccc(N3CCC(C)(NC(=O)[C@H](C)N(C)C(=O)O)CC3)nc2)c2c(C#N)cnn2c1. The van der Waals surface area contributed by atoms with Gasteiger partial charge in [-0.25, -0.2) is 14.3 Å². The third-order valence-electron chi connectivity index (χ3n) is 6.96. The first-order valence-corrected chi connectivity index (χ1v) is 12.2. The van der Waals surface area contributed by atoms with Crippen LogP contribution >= 0.6 is 0 Å². The van der Waals surface area contributed by atoms with Crippen LogP contribution in [0.1, 0.15) is 39.2 Å². The van der Waals surface area contributed by atoms with Crippen LogP contribution in [0.5, 0.6) is 5.75 Å². The van der Waals surface area contributed by atoms with Gasteiger partial charge < -0.3 is 20.1 Å². The third kappa shape index (κ3) is 5.28. The Morgan fingerprint density at radius 1 is 1.32 bits per heavy atom. The lowest BCUT2D eigenvalue weighted by Crippen LogP contribution is -2.57. The molecule has 194 valence electrons. The summed E-state index contributed by atoms with van der Waals surface area (Å²) in [6.45, 7) is 7.37. The molecule has 1 saturated heterocycles. The van der Waals surface area contributed by atoms with Gasteiger partial charge in [0.25, 0.3) is 0 Å². The zero-order chi connectivity index (χ0) is 26.7. The normalized spacial score (nSPS) is 15.6. The Hall–Kier alpha value is -4.33. The van der Waals surface area contributed by atoms with Gasteiger partial charge in [0.15, 0.2) is 0 Å². The Bertz CT molecular complexity index is 1340. The minimum absolute atomic E-state index is 0.305. The number of rotatable bonds is 7. The second kappa shape index (κ2) is 10.3. The van der Waals surface area contributed by atoms with E-state index in [-0.39, 0.29) is 5.91 Å². The first kappa shape index (κ1) is 25.8. The third-order valence-corrected chi connectivity index (χ3v) is 6.96. The average molecular weight is 506 g/mol. The Balaban J connectivity index is 1.48. The molecule has 37 heavy (non-hydrogen) atoms. The summed E-state index contributed by atoms with van der Waals surface area (Å²) in [5.41, 5.74) is 2.41. The van der Waals surface area contributed by atoms with Crippen LogP contribution in [0.25, 0.3) is 16.6 Å². The Morgan fingerprint density at radius 2 is 2.05 bits per heavy atom. The highest BCUT2D eigenvalue weighted by Crippen LogP contribution is 2.32. The molecule has 4 rings (SSSR count). The molecule has 0 radical (unpaired) electrons. The number of carboxylic acid groups (broad SMARTS) is 1. The zero-order valence-electron chi connectivity index (χ0n) is 21.4. The van der Waals surface area contributed by atoms with Crippen molar-refractivity contribution in [1.29, 1.82) is 5.26 Å². The predicted molar refractivity (Wildman–Crippen MR) is 138 cm³/mol. The van der Waals surface area contributed by atoms with Gasteiger partial charge in [-0.15, -0.1) is 0 Å². The molecule has 11 heteroatoms. The number of nitrogens with zero attached hydrogens (tertiary/aromatic N) is 6. The maximum Gasteiger partial charge on any atom is 0.407 e. The molecule has 1 aliphatic rings. The molecule has 0 bridgehead atoms. The summed E-state index contributed by atoms with van der Waals surface area (Å²) in [6, 6.07) is 7.25. The lowest BCUT2D eigenvalue weighted by molar-refractivity contribution is -0.127. The quantitative estimate of drug-likeness (QED) is 0.500. The van der Waals surface area contributed by atoms with E-state index in [1.54, 1.807) is 30.0 Å². The number of fused-ring (bicyclic) bond motifs is 1. The number of amides is 2.